The first-order chi connectivity index (χ1) is 16.1. The van der Waals surface area contributed by atoms with Crippen LogP contribution in [-0.4, -0.2) is 28.3 Å². The van der Waals surface area contributed by atoms with Gasteiger partial charge in [-0.3, -0.25) is 9.59 Å². The third kappa shape index (κ3) is 7.74. The van der Waals surface area contributed by atoms with Gasteiger partial charge in [-0.05, 0) is 56.5 Å². The molecule has 3 aromatic rings. The summed E-state index contributed by atoms with van der Waals surface area (Å²) in [6.07, 6.45) is 0.638. The van der Waals surface area contributed by atoms with Crippen molar-refractivity contribution in [3.05, 3.63) is 106 Å². The van der Waals surface area contributed by atoms with Crippen molar-refractivity contribution in [2.75, 3.05) is 0 Å². The second-order valence-corrected chi connectivity index (χ2v) is 10.2. The van der Waals surface area contributed by atoms with Gasteiger partial charge in [0.1, 0.15) is 6.04 Å². The Morgan fingerprint density at radius 2 is 1.53 bits per heavy atom. The van der Waals surface area contributed by atoms with Crippen LogP contribution >= 0.6 is 11.6 Å². The number of benzene rings is 3. The molecule has 0 saturated carbocycles. The maximum absolute atomic E-state index is 13.7. The van der Waals surface area contributed by atoms with Gasteiger partial charge in [-0.15, -0.1) is 0 Å². The molecule has 0 radical (unpaired) electrons. The molecule has 1 N–H and O–H groups in total. The lowest BCUT2D eigenvalue weighted by Gasteiger charge is -2.34. The molecule has 0 bridgehead atoms. The number of hydrogen-bond acceptors (Lipinski definition) is 2. The molecular formula is C29H33ClN2O2. The summed E-state index contributed by atoms with van der Waals surface area (Å²) in [6, 6.07) is 24.5. The van der Waals surface area contributed by atoms with E-state index in [1.165, 1.54) is 0 Å². The molecule has 0 aliphatic carbocycles. The molecule has 0 aromatic heterocycles. The van der Waals surface area contributed by atoms with E-state index in [2.05, 4.69) is 5.32 Å². The summed E-state index contributed by atoms with van der Waals surface area (Å²) in [5.74, 6) is -0.272. The zero-order chi connectivity index (χ0) is 24.7. The molecule has 0 spiro atoms. The molecular weight excluding hydrogens is 444 g/mol. The Bertz CT molecular complexity index is 1120. The third-order valence-electron chi connectivity index (χ3n) is 5.45. The number of amides is 2. The number of carbonyl (C=O) groups excluding carboxylic acids is 2. The van der Waals surface area contributed by atoms with E-state index in [9.17, 15) is 9.59 Å². The molecule has 4 nitrogen and oxygen atoms in total. The summed E-state index contributed by atoms with van der Waals surface area (Å²) >= 11 is 6.23. The van der Waals surface area contributed by atoms with Crippen molar-refractivity contribution < 1.29 is 9.59 Å². The molecule has 2 amide bonds. The number of nitrogens with zero attached hydrogens (tertiary/aromatic N) is 1. The van der Waals surface area contributed by atoms with E-state index in [0.717, 1.165) is 22.3 Å². The number of nitrogens with one attached hydrogen (secondary N) is 1. The van der Waals surface area contributed by atoms with E-state index in [1.54, 1.807) is 11.0 Å². The molecule has 3 aromatic carbocycles. The second-order valence-electron chi connectivity index (χ2n) is 9.76. The largest absolute Gasteiger partial charge is 0.350 e. The molecule has 0 fully saturated rings. The quantitative estimate of drug-likeness (QED) is 0.450. The number of rotatable bonds is 8. The minimum atomic E-state index is -0.669. The SMILES string of the molecule is Cc1cccc(CC(=O)N(Cc2cccc(Cl)c2)C(Cc2ccccc2)C(=O)NC(C)(C)C)c1. The number of halogens is 1. The van der Waals surface area contributed by atoms with Gasteiger partial charge in [-0.2, -0.15) is 0 Å². The Labute approximate surface area is 207 Å². The van der Waals surface area contributed by atoms with Gasteiger partial charge in [0.05, 0.1) is 6.42 Å². The van der Waals surface area contributed by atoms with E-state index >= 15 is 0 Å². The van der Waals surface area contributed by atoms with Gasteiger partial charge in [0.15, 0.2) is 0 Å². The van der Waals surface area contributed by atoms with Crippen LogP contribution in [0, 0.1) is 6.92 Å². The van der Waals surface area contributed by atoms with Crippen molar-refractivity contribution in [1.29, 1.82) is 0 Å². The lowest BCUT2D eigenvalue weighted by Crippen LogP contribution is -2.54. The van der Waals surface area contributed by atoms with Crippen molar-refractivity contribution in [2.24, 2.45) is 0 Å². The van der Waals surface area contributed by atoms with Gasteiger partial charge in [-0.25, -0.2) is 0 Å². The molecule has 1 unspecified atom stereocenters. The van der Waals surface area contributed by atoms with Crippen LogP contribution in [0.1, 0.15) is 43.0 Å². The summed E-state index contributed by atoms with van der Waals surface area (Å²) < 4.78 is 0. The predicted molar refractivity (Wildman–Crippen MR) is 139 cm³/mol. The van der Waals surface area contributed by atoms with Gasteiger partial charge in [0.25, 0.3) is 0 Å². The van der Waals surface area contributed by atoms with Crippen molar-refractivity contribution >= 4 is 23.4 Å². The highest BCUT2D eigenvalue weighted by Crippen LogP contribution is 2.19. The molecule has 5 heteroatoms. The van der Waals surface area contributed by atoms with E-state index < -0.39 is 11.6 Å². The fourth-order valence-electron chi connectivity index (χ4n) is 3.94. The van der Waals surface area contributed by atoms with Crippen molar-refractivity contribution in [3.63, 3.8) is 0 Å². The van der Waals surface area contributed by atoms with Crippen LogP contribution in [0.25, 0.3) is 0 Å². The van der Waals surface area contributed by atoms with E-state index in [4.69, 9.17) is 11.6 Å². The lowest BCUT2D eigenvalue weighted by molar-refractivity contribution is -0.141. The van der Waals surface area contributed by atoms with Crippen LogP contribution < -0.4 is 5.32 Å². The number of aryl methyl sites for hydroxylation is 1. The average Bonchev–Trinajstić information content (AvgIpc) is 2.75. The van der Waals surface area contributed by atoms with E-state index in [0.29, 0.717) is 18.0 Å². The Kier molecular flexibility index (Phi) is 8.51. The molecule has 0 heterocycles. The van der Waals surface area contributed by atoms with Gasteiger partial charge < -0.3 is 10.2 Å². The lowest BCUT2D eigenvalue weighted by atomic mass is 9.99. The van der Waals surface area contributed by atoms with Crippen molar-refractivity contribution in [1.82, 2.24) is 10.2 Å². The summed E-state index contributed by atoms with van der Waals surface area (Å²) in [6.45, 7) is 8.13. The minimum Gasteiger partial charge on any atom is -0.350 e. The zero-order valence-electron chi connectivity index (χ0n) is 20.3. The van der Waals surface area contributed by atoms with Gasteiger partial charge in [0, 0.05) is 23.5 Å². The molecule has 34 heavy (non-hydrogen) atoms. The molecule has 3 rings (SSSR count). The smallest absolute Gasteiger partial charge is 0.243 e. The summed E-state index contributed by atoms with van der Waals surface area (Å²) in [7, 11) is 0. The fourth-order valence-corrected chi connectivity index (χ4v) is 4.15. The van der Waals surface area contributed by atoms with Crippen LogP contribution in [0.3, 0.4) is 0 Å². The van der Waals surface area contributed by atoms with E-state index in [-0.39, 0.29) is 18.2 Å². The first-order valence-corrected chi connectivity index (χ1v) is 11.9. The van der Waals surface area contributed by atoms with Crippen molar-refractivity contribution in [2.45, 2.75) is 58.7 Å². The summed E-state index contributed by atoms with van der Waals surface area (Å²) in [5, 5.41) is 3.69. The molecule has 178 valence electrons. The Balaban J connectivity index is 1.99. The molecule has 1 atom stereocenters. The first kappa shape index (κ1) is 25.5. The average molecular weight is 477 g/mol. The summed E-state index contributed by atoms with van der Waals surface area (Å²) in [5.41, 5.74) is 3.48. The Morgan fingerprint density at radius 3 is 2.18 bits per heavy atom. The van der Waals surface area contributed by atoms with Crippen molar-refractivity contribution in [3.8, 4) is 0 Å². The molecule has 0 saturated heterocycles. The zero-order valence-corrected chi connectivity index (χ0v) is 21.1. The molecule has 0 aliphatic rings. The highest BCUT2D eigenvalue weighted by Gasteiger charge is 2.32. The minimum absolute atomic E-state index is 0.101. The first-order valence-electron chi connectivity index (χ1n) is 11.6. The van der Waals surface area contributed by atoms with E-state index in [1.807, 2.05) is 100 Å². The molecule has 0 aliphatic heterocycles. The standard InChI is InChI=1S/C29H33ClN2O2/c1-21-10-8-13-23(16-21)19-27(33)32(20-24-14-9-15-25(30)17-24)26(28(34)31-29(2,3)4)18-22-11-6-5-7-12-22/h5-17,26H,18-20H2,1-4H3,(H,31,34). The maximum Gasteiger partial charge on any atom is 0.243 e. The van der Waals surface area contributed by atoms with Crippen LogP contribution in [0.2, 0.25) is 5.02 Å². The second kappa shape index (κ2) is 11.3. The third-order valence-corrected chi connectivity index (χ3v) is 5.68. The fraction of sp³-hybridized carbons (Fsp3) is 0.310. The Hall–Kier alpha value is -3.11. The number of hydrogen-bond donors (Lipinski definition) is 1. The van der Waals surface area contributed by atoms with Gasteiger partial charge in [0.2, 0.25) is 11.8 Å². The summed E-state index contributed by atoms with van der Waals surface area (Å²) in [4.78, 5) is 29.0. The van der Waals surface area contributed by atoms with Crippen LogP contribution in [-0.2, 0) is 29.0 Å². The normalized spacial score (nSPS) is 12.1. The Morgan fingerprint density at radius 1 is 0.882 bits per heavy atom. The van der Waals surface area contributed by atoms with Crippen LogP contribution in [0.15, 0.2) is 78.9 Å². The van der Waals surface area contributed by atoms with Gasteiger partial charge >= 0.3 is 0 Å². The monoisotopic (exact) mass is 476 g/mol. The van der Waals surface area contributed by atoms with Crippen LogP contribution in [0.4, 0.5) is 0 Å². The maximum atomic E-state index is 13.7. The topological polar surface area (TPSA) is 49.4 Å². The highest BCUT2D eigenvalue weighted by molar-refractivity contribution is 6.30. The predicted octanol–water partition coefficient (Wildman–Crippen LogP) is 5.75. The van der Waals surface area contributed by atoms with Gasteiger partial charge in [-0.1, -0.05) is 83.9 Å². The van der Waals surface area contributed by atoms with Crippen LogP contribution in [0.5, 0.6) is 0 Å². The highest BCUT2D eigenvalue weighted by atomic mass is 35.5. The number of carbonyl (C=O) groups is 2.